The summed E-state index contributed by atoms with van der Waals surface area (Å²) in [6.07, 6.45) is 10.3. The minimum atomic E-state index is -0.379. The number of piperidine rings is 2. The van der Waals surface area contributed by atoms with E-state index in [-0.39, 0.29) is 17.3 Å². The van der Waals surface area contributed by atoms with E-state index < -0.39 is 0 Å². The molecule has 0 spiro atoms. The average molecular weight is 496 g/mol. The molecule has 3 aromatic rings. The highest BCUT2D eigenvalue weighted by Crippen LogP contribution is 2.21. The van der Waals surface area contributed by atoms with E-state index in [9.17, 15) is 14.0 Å². The minimum Gasteiger partial charge on any atom is -0.356 e. The predicted octanol–water partition coefficient (Wildman–Crippen LogP) is 3.63. The highest BCUT2D eigenvalue weighted by molar-refractivity contribution is 5.79. The molecule has 0 saturated carbocycles. The quantitative estimate of drug-likeness (QED) is 0.461. The third kappa shape index (κ3) is 5.65. The van der Waals surface area contributed by atoms with Gasteiger partial charge in [-0.15, -0.1) is 0 Å². The number of likely N-dealkylation sites (tertiary alicyclic amines) is 2. The average Bonchev–Trinajstić information content (AvgIpc) is 3.40. The summed E-state index contributed by atoms with van der Waals surface area (Å²) in [5, 5.41) is 3.03. The molecule has 4 heterocycles. The maximum absolute atomic E-state index is 13.9. The second-order valence-electron chi connectivity index (χ2n) is 10.3. The molecular formula is C28H38FN5O2. The molecule has 194 valence electrons. The minimum absolute atomic E-state index is 0.00565. The highest BCUT2D eigenvalue weighted by atomic mass is 19.1. The fourth-order valence-electron chi connectivity index (χ4n) is 5.96. The molecular weight excluding hydrogens is 457 g/mol. The lowest BCUT2D eigenvalue weighted by atomic mass is 10.00. The lowest BCUT2D eigenvalue weighted by Crippen LogP contribution is -2.47. The lowest BCUT2D eigenvalue weighted by Gasteiger charge is -2.40. The number of amides is 1. The Balaban J connectivity index is 1.04. The molecule has 2 aliphatic rings. The van der Waals surface area contributed by atoms with Crippen molar-refractivity contribution in [2.24, 2.45) is 0 Å². The third-order valence-corrected chi connectivity index (χ3v) is 7.92. The van der Waals surface area contributed by atoms with Crippen molar-refractivity contribution in [2.75, 3.05) is 39.3 Å². The number of fused-ring (bicyclic) bond motifs is 3. The number of carbonyl (C=O) groups excluding carboxylic acids is 1. The van der Waals surface area contributed by atoms with E-state index in [1.807, 2.05) is 12.3 Å². The van der Waals surface area contributed by atoms with E-state index in [2.05, 4.69) is 15.1 Å². The number of benzene rings is 1. The van der Waals surface area contributed by atoms with Gasteiger partial charge in [0, 0.05) is 31.7 Å². The Bertz CT molecular complexity index is 1240. The van der Waals surface area contributed by atoms with Crippen molar-refractivity contribution in [1.82, 2.24) is 24.1 Å². The number of hydrogen-bond donors (Lipinski definition) is 1. The van der Waals surface area contributed by atoms with E-state index >= 15 is 0 Å². The molecule has 0 bridgehead atoms. The number of aromatic nitrogens is 2. The van der Waals surface area contributed by atoms with Crippen LogP contribution in [0.2, 0.25) is 0 Å². The van der Waals surface area contributed by atoms with Crippen LogP contribution in [0.25, 0.3) is 16.6 Å². The molecule has 0 atom stereocenters. The van der Waals surface area contributed by atoms with Crippen LogP contribution in [0.5, 0.6) is 0 Å². The summed E-state index contributed by atoms with van der Waals surface area (Å²) in [6.45, 7) is 6.94. The predicted molar refractivity (Wildman–Crippen MR) is 141 cm³/mol. The van der Waals surface area contributed by atoms with Gasteiger partial charge in [0.1, 0.15) is 11.3 Å². The molecule has 0 aliphatic carbocycles. The van der Waals surface area contributed by atoms with Gasteiger partial charge in [0.15, 0.2) is 0 Å². The lowest BCUT2D eigenvalue weighted by molar-refractivity contribution is -0.121. The van der Waals surface area contributed by atoms with Crippen LogP contribution < -0.4 is 10.9 Å². The Morgan fingerprint density at radius 2 is 1.75 bits per heavy atom. The summed E-state index contributed by atoms with van der Waals surface area (Å²) in [7, 11) is 0. The summed E-state index contributed by atoms with van der Waals surface area (Å²) in [5.41, 5.74) is 1.72. The standard InChI is InChI=1S/C28H38FN5O2/c29-22-9-10-24-26(21-22)34(28(36)25-7-4-17-33(24)25)18-5-8-27(35)30-13-6-14-31-19-11-23(12-20-31)32-15-2-1-3-16-32/h4,7,9-10,17,21,23H,1-3,5-6,8,11-16,18-20H2,(H,30,35). The Morgan fingerprint density at radius 1 is 0.944 bits per heavy atom. The van der Waals surface area contributed by atoms with Crippen LogP contribution in [0.1, 0.15) is 51.4 Å². The van der Waals surface area contributed by atoms with Crippen molar-refractivity contribution >= 4 is 22.5 Å². The zero-order chi connectivity index (χ0) is 24.9. The molecule has 1 aromatic carbocycles. The molecule has 5 rings (SSSR count). The maximum atomic E-state index is 13.9. The summed E-state index contributed by atoms with van der Waals surface area (Å²) < 4.78 is 17.3. The second-order valence-corrected chi connectivity index (χ2v) is 10.3. The van der Waals surface area contributed by atoms with Gasteiger partial charge in [0.25, 0.3) is 5.56 Å². The molecule has 7 nitrogen and oxygen atoms in total. The van der Waals surface area contributed by atoms with Crippen LogP contribution in [0.3, 0.4) is 0 Å². The van der Waals surface area contributed by atoms with Crippen molar-refractivity contribution in [1.29, 1.82) is 0 Å². The van der Waals surface area contributed by atoms with Gasteiger partial charge < -0.3 is 24.1 Å². The molecule has 0 radical (unpaired) electrons. The van der Waals surface area contributed by atoms with Gasteiger partial charge in [-0.2, -0.15) is 0 Å². The van der Waals surface area contributed by atoms with Crippen molar-refractivity contribution in [3.8, 4) is 0 Å². The van der Waals surface area contributed by atoms with Crippen molar-refractivity contribution < 1.29 is 9.18 Å². The van der Waals surface area contributed by atoms with Crippen LogP contribution in [-0.2, 0) is 11.3 Å². The molecule has 2 aliphatic heterocycles. The van der Waals surface area contributed by atoms with Crippen molar-refractivity contribution in [2.45, 2.75) is 64.0 Å². The van der Waals surface area contributed by atoms with E-state index in [0.717, 1.165) is 37.6 Å². The molecule has 8 heteroatoms. The number of hydrogen-bond acceptors (Lipinski definition) is 4. The fourth-order valence-corrected chi connectivity index (χ4v) is 5.96. The summed E-state index contributed by atoms with van der Waals surface area (Å²) >= 11 is 0. The Hall–Kier alpha value is -2.71. The SMILES string of the molecule is O=C(CCCn1c(=O)c2cccn2c2ccc(F)cc21)NCCCN1CCC(N2CCCCC2)CC1. The van der Waals surface area contributed by atoms with Crippen molar-refractivity contribution in [3.63, 3.8) is 0 Å². The summed E-state index contributed by atoms with van der Waals surface area (Å²) in [5.74, 6) is -0.373. The number of nitrogens with one attached hydrogen (secondary N) is 1. The first kappa shape index (κ1) is 25.0. The Labute approximate surface area is 211 Å². The number of halogens is 1. The Kier molecular flexibility index (Phi) is 8.02. The van der Waals surface area contributed by atoms with Gasteiger partial charge in [0.05, 0.1) is 11.0 Å². The van der Waals surface area contributed by atoms with Gasteiger partial charge in [-0.3, -0.25) is 9.59 Å². The number of rotatable bonds is 9. The summed E-state index contributed by atoms with van der Waals surface area (Å²) in [6, 6.07) is 8.84. The third-order valence-electron chi connectivity index (χ3n) is 7.92. The van der Waals surface area contributed by atoms with E-state index in [0.29, 0.717) is 37.0 Å². The molecule has 1 amide bonds. The first-order chi connectivity index (χ1) is 17.6. The van der Waals surface area contributed by atoms with Crippen LogP contribution in [0.15, 0.2) is 41.3 Å². The number of carbonyl (C=O) groups is 1. The number of nitrogens with zero attached hydrogens (tertiary/aromatic N) is 4. The normalized spacial score (nSPS) is 18.2. The van der Waals surface area contributed by atoms with Gasteiger partial charge >= 0.3 is 0 Å². The van der Waals surface area contributed by atoms with Gasteiger partial charge in [-0.1, -0.05) is 6.42 Å². The van der Waals surface area contributed by atoms with Crippen LogP contribution in [-0.4, -0.2) is 70.0 Å². The first-order valence-corrected chi connectivity index (χ1v) is 13.6. The van der Waals surface area contributed by atoms with E-state index in [1.165, 1.54) is 57.3 Å². The van der Waals surface area contributed by atoms with E-state index in [1.54, 1.807) is 21.1 Å². The van der Waals surface area contributed by atoms with Gasteiger partial charge in [-0.25, -0.2) is 4.39 Å². The maximum Gasteiger partial charge on any atom is 0.275 e. The second kappa shape index (κ2) is 11.6. The molecule has 2 saturated heterocycles. The highest BCUT2D eigenvalue weighted by Gasteiger charge is 2.25. The number of aryl methyl sites for hydroxylation is 1. The molecule has 1 N–H and O–H groups in total. The zero-order valence-electron chi connectivity index (χ0n) is 21.1. The first-order valence-electron chi connectivity index (χ1n) is 13.6. The topological polar surface area (TPSA) is 62.0 Å². The largest absolute Gasteiger partial charge is 0.356 e. The molecule has 0 unspecified atom stereocenters. The molecule has 2 fully saturated rings. The smallest absolute Gasteiger partial charge is 0.275 e. The molecule has 36 heavy (non-hydrogen) atoms. The zero-order valence-corrected chi connectivity index (χ0v) is 21.1. The van der Waals surface area contributed by atoms with Crippen molar-refractivity contribution in [3.05, 3.63) is 52.7 Å². The monoisotopic (exact) mass is 495 g/mol. The van der Waals surface area contributed by atoms with Crippen LogP contribution in [0, 0.1) is 5.82 Å². The van der Waals surface area contributed by atoms with Crippen LogP contribution >= 0.6 is 0 Å². The fraction of sp³-hybridized carbons (Fsp3) is 0.571. The Morgan fingerprint density at radius 3 is 2.56 bits per heavy atom. The van der Waals surface area contributed by atoms with Gasteiger partial charge in [0.2, 0.25) is 5.91 Å². The summed E-state index contributed by atoms with van der Waals surface area (Å²) in [4.78, 5) is 30.6. The van der Waals surface area contributed by atoms with E-state index in [4.69, 9.17) is 0 Å². The van der Waals surface area contributed by atoms with Crippen LogP contribution in [0.4, 0.5) is 4.39 Å². The van der Waals surface area contributed by atoms with Gasteiger partial charge in [-0.05, 0) is 102 Å². The molecule has 2 aromatic heterocycles.